The number of aliphatic carboxylic acids is 1. The summed E-state index contributed by atoms with van der Waals surface area (Å²) in [4.78, 5) is 28.9. The van der Waals surface area contributed by atoms with Crippen molar-refractivity contribution >= 4 is 11.9 Å². The van der Waals surface area contributed by atoms with Gasteiger partial charge < -0.3 is 20.1 Å². The van der Waals surface area contributed by atoms with E-state index in [4.69, 9.17) is 9.84 Å². The predicted molar refractivity (Wildman–Crippen MR) is 58.4 cm³/mol. The van der Waals surface area contributed by atoms with E-state index in [-0.39, 0.29) is 25.4 Å². The fourth-order valence-electron chi connectivity index (χ4n) is 1.28. The summed E-state index contributed by atoms with van der Waals surface area (Å²) in [6.45, 7) is 0.266. The van der Waals surface area contributed by atoms with Gasteiger partial charge in [-0.15, -0.1) is 0 Å². The van der Waals surface area contributed by atoms with Gasteiger partial charge in [0.2, 0.25) is 5.91 Å². The molecule has 1 atom stereocenters. The summed E-state index contributed by atoms with van der Waals surface area (Å²) < 4.78 is 4.74. The monoisotopic (exact) mass is 241 g/mol. The third-order valence-corrected chi connectivity index (χ3v) is 2.15. The Morgan fingerprint density at radius 1 is 1.65 bits per heavy atom. The highest BCUT2D eigenvalue weighted by Crippen LogP contribution is 1.99. The second-order valence-corrected chi connectivity index (χ2v) is 3.48. The molecule has 0 aliphatic rings. The Morgan fingerprint density at radius 2 is 2.41 bits per heavy atom. The molecule has 3 N–H and O–H groups in total. The molecule has 0 saturated carbocycles. The molecular formula is C10H15N3O4. The molecule has 17 heavy (non-hydrogen) atoms. The van der Waals surface area contributed by atoms with Crippen molar-refractivity contribution in [2.45, 2.75) is 18.9 Å². The van der Waals surface area contributed by atoms with Crippen LogP contribution in [0, 0.1) is 0 Å². The van der Waals surface area contributed by atoms with Crippen LogP contribution in [0.25, 0.3) is 0 Å². The largest absolute Gasteiger partial charge is 0.480 e. The van der Waals surface area contributed by atoms with Gasteiger partial charge in [0.1, 0.15) is 6.04 Å². The lowest BCUT2D eigenvalue weighted by Crippen LogP contribution is -2.42. The molecule has 7 heteroatoms. The van der Waals surface area contributed by atoms with Crippen molar-refractivity contribution in [3.05, 3.63) is 18.2 Å². The van der Waals surface area contributed by atoms with E-state index in [1.807, 2.05) is 0 Å². The first-order chi connectivity index (χ1) is 8.13. The lowest BCUT2D eigenvalue weighted by Gasteiger charge is -2.13. The smallest absolute Gasteiger partial charge is 0.326 e. The normalized spacial score (nSPS) is 12.1. The van der Waals surface area contributed by atoms with Gasteiger partial charge in [-0.25, -0.2) is 9.78 Å². The van der Waals surface area contributed by atoms with E-state index in [1.165, 1.54) is 19.6 Å². The van der Waals surface area contributed by atoms with Crippen LogP contribution in [0.4, 0.5) is 0 Å². The number of carboxylic acid groups (broad SMARTS) is 1. The Morgan fingerprint density at radius 3 is 2.94 bits per heavy atom. The summed E-state index contributed by atoms with van der Waals surface area (Å²) >= 11 is 0. The summed E-state index contributed by atoms with van der Waals surface area (Å²) in [6.07, 6.45) is 3.30. The molecule has 0 aromatic carbocycles. The first-order valence-corrected chi connectivity index (χ1v) is 5.12. The van der Waals surface area contributed by atoms with Crippen LogP contribution in [-0.4, -0.2) is 46.7 Å². The Kier molecular flexibility index (Phi) is 5.15. The van der Waals surface area contributed by atoms with Gasteiger partial charge in [0.15, 0.2) is 0 Å². The predicted octanol–water partition coefficient (Wildman–Crippen LogP) is -0.442. The van der Waals surface area contributed by atoms with Gasteiger partial charge in [-0.2, -0.15) is 0 Å². The zero-order valence-electron chi connectivity index (χ0n) is 9.47. The van der Waals surface area contributed by atoms with Crippen LogP contribution in [0.15, 0.2) is 12.5 Å². The Hall–Kier alpha value is -1.89. The number of hydrogen-bond donors (Lipinski definition) is 3. The van der Waals surface area contributed by atoms with Crippen molar-refractivity contribution in [2.24, 2.45) is 0 Å². The van der Waals surface area contributed by atoms with Crippen LogP contribution in [0.3, 0.4) is 0 Å². The van der Waals surface area contributed by atoms with Crippen LogP contribution in [0.2, 0.25) is 0 Å². The number of nitrogens with zero attached hydrogens (tertiary/aromatic N) is 1. The van der Waals surface area contributed by atoms with Gasteiger partial charge >= 0.3 is 5.97 Å². The quantitative estimate of drug-likeness (QED) is 0.600. The van der Waals surface area contributed by atoms with Crippen molar-refractivity contribution in [3.63, 3.8) is 0 Å². The highest BCUT2D eigenvalue weighted by atomic mass is 16.5. The maximum Gasteiger partial charge on any atom is 0.326 e. The van der Waals surface area contributed by atoms with E-state index in [0.717, 1.165) is 0 Å². The van der Waals surface area contributed by atoms with E-state index in [2.05, 4.69) is 15.3 Å². The highest BCUT2D eigenvalue weighted by Gasteiger charge is 2.20. The first-order valence-electron chi connectivity index (χ1n) is 5.12. The lowest BCUT2D eigenvalue weighted by atomic mass is 10.1. The summed E-state index contributed by atoms with van der Waals surface area (Å²) in [5.41, 5.74) is 0.657. The number of amides is 1. The van der Waals surface area contributed by atoms with Gasteiger partial charge in [-0.05, 0) is 0 Å². The van der Waals surface area contributed by atoms with Gasteiger partial charge in [0.25, 0.3) is 0 Å². The molecular weight excluding hydrogens is 226 g/mol. The Labute approximate surface area is 98.2 Å². The Balaban J connectivity index is 2.49. The van der Waals surface area contributed by atoms with E-state index in [9.17, 15) is 9.59 Å². The van der Waals surface area contributed by atoms with Crippen LogP contribution in [0.1, 0.15) is 12.1 Å². The number of aromatic amines is 1. The number of nitrogens with one attached hydrogen (secondary N) is 2. The molecule has 0 aliphatic heterocycles. The molecule has 0 spiro atoms. The topological polar surface area (TPSA) is 104 Å². The van der Waals surface area contributed by atoms with Crippen molar-refractivity contribution in [3.8, 4) is 0 Å². The van der Waals surface area contributed by atoms with Crippen LogP contribution < -0.4 is 5.32 Å². The number of hydrogen-bond acceptors (Lipinski definition) is 4. The van der Waals surface area contributed by atoms with Crippen LogP contribution >= 0.6 is 0 Å². The van der Waals surface area contributed by atoms with Crippen LogP contribution in [-0.2, 0) is 20.7 Å². The molecule has 1 amide bonds. The number of H-pyrrole nitrogens is 1. The molecule has 0 bridgehead atoms. The van der Waals surface area contributed by atoms with Crippen molar-refractivity contribution in [2.75, 3.05) is 13.7 Å². The summed E-state index contributed by atoms with van der Waals surface area (Å²) in [7, 11) is 1.48. The molecule has 1 rings (SSSR count). The number of carbonyl (C=O) groups is 2. The highest BCUT2D eigenvalue weighted by molar-refractivity contribution is 5.83. The molecule has 0 unspecified atom stereocenters. The standard InChI is InChI=1S/C10H15N3O4/c1-17-3-2-9(14)13-8(10(15)16)4-7-5-11-6-12-7/h5-6,8H,2-4H2,1H3,(H,11,12)(H,13,14)(H,15,16)/t8-/m0/s1. The second kappa shape index (κ2) is 6.64. The molecule has 94 valence electrons. The molecule has 0 saturated heterocycles. The van der Waals surface area contributed by atoms with Crippen molar-refractivity contribution < 1.29 is 19.4 Å². The maximum absolute atomic E-state index is 11.4. The van der Waals surface area contributed by atoms with Gasteiger partial charge in [0.05, 0.1) is 12.9 Å². The first kappa shape index (κ1) is 13.2. The molecule has 0 aliphatic carbocycles. The summed E-state index contributed by atoms with van der Waals surface area (Å²) in [6, 6.07) is -0.959. The minimum absolute atomic E-state index is 0.142. The molecule has 0 radical (unpaired) electrons. The SMILES string of the molecule is COCCC(=O)N[C@@H](Cc1cnc[nH]1)C(=O)O. The second-order valence-electron chi connectivity index (χ2n) is 3.48. The average Bonchev–Trinajstić information content (AvgIpc) is 2.78. The molecule has 1 heterocycles. The van der Waals surface area contributed by atoms with E-state index in [0.29, 0.717) is 5.69 Å². The van der Waals surface area contributed by atoms with Gasteiger partial charge in [-0.1, -0.05) is 0 Å². The van der Waals surface area contributed by atoms with Crippen molar-refractivity contribution in [1.82, 2.24) is 15.3 Å². The van der Waals surface area contributed by atoms with E-state index in [1.54, 1.807) is 0 Å². The third kappa shape index (κ3) is 4.64. The molecule has 7 nitrogen and oxygen atoms in total. The van der Waals surface area contributed by atoms with E-state index < -0.39 is 12.0 Å². The number of aromatic nitrogens is 2. The molecule has 1 aromatic heterocycles. The third-order valence-electron chi connectivity index (χ3n) is 2.15. The minimum Gasteiger partial charge on any atom is -0.480 e. The number of carbonyl (C=O) groups excluding carboxylic acids is 1. The maximum atomic E-state index is 11.4. The number of ether oxygens (including phenoxy) is 1. The number of methoxy groups -OCH3 is 1. The van der Waals surface area contributed by atoms with Gasteiger partial charge in [-0.3, -0.25) is 4.79 Å². The van der Waals surface area contributed by atoms with Crippen LogP contribution in [0.5, 0.6) is 0 Å². The zero-order chi connectivity index (χ0) is 12.7. The fraction of sp³-hybridized carbons (Fsp3) is 0.500. The summed E-state index contributed by atoms with van der Waals surface area (Å²) in [5, 5.41) is 11.4. The minimum atomic E-state index is -1.08. The zero-order valence-corrected chi connectivity index (χ0v) is 9.47. The number of imidazole rings is 1. The number of carboxylic acids is 1. The lowest BCUT2D eigenvalue weighted by molar-refractivity contribution is -0.141. The molecule has 1 aromatic rings. The van der Waals surface area contributed by atoms with Gasteiger partial charge in [0, 0.05) is 31.8 Å². The van der Waals surface area contributed by atoms with E-state index >= 15 is 0 Å². The van der Waals surface area contributed by atoms with Crippen molar-refractivity contribution in [1.29, 1.82) is 0 Å². The number of rotatable bonds is 7. The fourth-order valence-corrected chi connectivity index (χ4v) is 1.28. The molecule has 0 fully saturated rings. The Bertz CT molecular complexity index is 364. The summed E-state index contributed by atoms with van der Waals surface area (Å²) in [5.74, 6) is -1.43. The average molecular weight is 241 g/mol.